The zero-order valence-electron chi connectivity index (χ0n) is 12.6. The maximum absolute atomic E-state index is 12.9. The van der Waals surface area contributed by atoms with Gasteiger partial charge in [-0.2, -0.15) is 4.31 Å². The molecule has 1 unspecified atom stereocenters. The van der Waals surface area contributed by atoms with E-state index in [1.54, 1.807) is 13.8 Å². The molecule has 0 spiro atoms. The number of nitrogens with one attached hydrogen (secondary N) is 1. The van der Waals surface area contributed by atoms with Gasteiger partial charge >= 0.3 is 5.97 Å². The fourth-order valence-electron chi connectivity index (χ4n) is 2.61. The standard InChI is InChI=1S/C13H20N2O5S/c1-8-7-14-5-6-15(8)21(17,18)12-10(3)20-9(2)11(12)13(16)19-4/h8,14H,5-7H2,1-4H3. The van der Waals surface area contributed by atoms with E-state index in [9.17, 15) is 13.2 Å². The first-order valence-corrected chi connectivity index (χ1v) is 8.15. The number of piperazine rings is 1. The Morgan fingerprint density at radius 2 is 2.05 bits per heavy atom. The van der Waals surface area contributed by atoms with Crippen LogP contribution in [0.1, 0.15) is 28.8 Å². The number of furan rings is 1. The highest BCUT2D eigenvalue weighted by Gasteiger charge is 2.38. The number of hydrogen-bond acceptors (Lipinski definition) is 6. The summed E-state index contributed by atoms with van der Waals surface area (Å²) in [5.74, 6) is -0.245. The molecule has 1 aliphatic rings. The minimum absolute atomic E-state index is 0.0132. The molecule has 21 heavy (non-hydrogen) atoms. The molecular weight excluding hydrogens is 296 g/mol. The highest BCUT2D eigenvalue weighted by Crippen LogP contribution is 2.31. The van der Waals surface area contributed by atoms with Gasteiger partial charge in [-0.05, 0) is 20.8 Å². The minimum atomic E-state index is -3.81. The molecule has 1 aromatic heterocycles. The highest BCUT2D eigenvalue weighted by atomic mass is 32.2. The third-order valence-corrected chi connectivity index (χ3v) is 5.77. The molecule has 1 fully saturated rings. The number of carbonyl (C=O) groups excluding carboxylic acids is 1. The van der Waals surface area contributed by atoms with Crippen molar-refractivity contribution < 1.29 is 22.4 Å². The fraction of sp³-hybridized carbons (Fsp3) is 0.615. The maximum Gasteiger partial charge on any atom is 0.342 e. The smallest absolute Gasteiger partial charge is 0.342 e. The van der Waals surface area contributed by atoms with Crippen LogP contribution < -0.4 is 5.32 Å². The summed E-state index contributed by atoms with van der Waals surface area (Å²) in [6.07, 6.45) is 0. The summed E-state index contributed by atoms with van der Waals surface area (Å²) in [4.78, 5) is 11.8. The van der Waals surface area contributed by atoms with E-state index < -0.39 is 16.0 Å². The Morgan fingerprint density at radius 1 is 1.38 bits per heavy atom. The molecule has 0 bridgehead atoms. The summed E-state index contributed by atoms with van der Waals surface area (Å²) in [6.45, 7) is 6.42. The monoisotopic (exact) mass is 316 g/mol. The Bertz CT molecular complexity index is 650. The summed E-state index contributed by atoms with van der Waals surface area (Å²) in [7, 11) is -2.59. The Balaban J connectivity index is 2.57. The van der Waals surface area contributed by atoms with Gasteiger partial charge in [-0.25, -0.2) is 13.2 Å². The van der Waals surface area contributed by atoms with Crippen molar-refractivity contribution in [1.82, 2.24) is 9.62 Å². The number of esters is 1. The van der Waals surface area contributed by atoms with E-state index in [0.717, 1.165) is 0 Å². The molecule has 1 aliphatic heterocycles. The second-order valence-corrected chi connectivity index (χ2v) is 6.91. The molecule has 118 valence electrons. The number of methoxy groups -OCH3 is 1. The van der Waals surface area contributed by atoms with Crippen LogP contribution in [0.4, 0.5) is 0 Å². The van der Waals surface area contributed by atoms with Gasteiger partial charge in [-0.15, -0.1) is 0 Å². The molecule has 1 aromatic rings. The zero-order valence-corrected chi connectivity index (χ0v) is 13.4. The van der Waals surface area contributed by atoms with E-state index in [1.165, 1.54) is 11.4 Å². The molecule has 8 heteroatoms. The van der Waals surface area contributed by atoms with Crippen LogP contribution in [0.15, 0.2) is 9.31 Å². The van der Waals surface area contributed by atoms with Gasteiger partial charge in [0.25, 0.3) is 0 Å². The number of nitrogens with zero attached hydrogens (tertiary/aromatic N) is 1. The van der Waals surface area contributed by atoms with Gasteiger partial charge in [-0.1, -0.05) is 0 Å². The van der Waals surface area contributed by atoms with Crippen molar-refractivity contribution in [2.75, 3.05) is 26.7 Å². The minimum Gasteiger partial charge on any atom is -0.465 e. The normalized spacial score (nSPS) is 20.5. The molecule has 2 heterocycles. The summed E-state index contributed by atoms with van der Waals surface area (Å²) >= 11 is 0. The second-order valence-electron chi connectivity index (χ2n) is 5.08. The van der Waals surface area contributed by atoms with E-state index in [-0.39, 0.29) is 28.0 Å². The first-order chi connectivity index (χ1) is 9.80. The van der Waals surface area contributed by atoms with Crippen LogP contribution in [0.2, 0.25) is 0 Å². The number of aryl methyl sites for hydroxylation is 2. The molecule has 0 aliphatic carbocycles. The molecule has 1 N–H and O–H groups in total. The Morgan fingerprint density at radius 3 is 2.62 bits per heavy atom. The largest absolute Gasteiger partial charge is 0.465 e. The number of sulfonamides is 1. The quantitative estimate of drug-likeness (QED) is 0.824. The van der Waals surface area contributed by atoms with Gasteiger partial charge in [0, 0.05) is 25.7 Å². The first-order valence-electron chi connectivity index (χ1n) is 6.71. The predicted molar refractivity (Wildman–Crippen MR) is 75.7 cm³/mol. The lowest BCUT2D eigenvalue weighted by Crippen LogP contribution is -2.52. The van der Waals surface area contributed by atoms with E-state index in [2.05, 4.69) is 10.1 Å². The van der Waals surface area contributed by atoms with Gasteiger partial charge in [-0.3, -0.25) is 0 Å². The van der Waals surface area contributed by atoms with Crippen molar-refractivity contribution in [2.24, 2.45) is 0 Å². The zero-order chi connectivity index (χ0) is 15.8. The van der Waals surface area contributed by atoms with Crippen LogP contribution in [0.3, 0.4) is 0 Å². The predicted octanol–water partition coefficient (Wildman–Crippen LogP) is 0.665. The van der Waals surface area contributed by atoms with Crippen LogP contribution in [0.5, 0.6) is 0 Å². The molecule has 0 saturated carbocycles. The first kappa shape index (κ1) is 16.0. The SMILES string of the molecule is COC(=O)c1c(C)oc(C)c1S(=O)(=O)N1CCNCC1C. The molecule has 0 amide bonds. The number of hydrogen-bond donors (Lipinski definition) is 1. The van der Waals surface area contributed by atoms with Gasteiger partial charge in [0.15, 0.2) is 0 Å². The summed E-state index contributed by atoms with van der Waals surface area (Å²) in [6, 6.07) is -0.191. The second kappa shape index (κ2) is 5.78. The Kier molecular flexibility index (Phi) is 4.40. The Hall–Kier alpha value is -1.38. The van der Waals surface area contributed by atoms with Gasteiger partial charge in [0.2, 0.25) is 10.0 Å². The van der Waals surface area contributed by atoms with Gasteiger partial charge in [0.1, 0.15) is 22.0 Å². The average molecular weight is 316 g/mol. The van der Waals surface area contributed by atoms with E-state index in [4.69, 9.17) is 4.42 Å². The average Bonchev–Trinajstić information content (AvgIpc) is 2.73. The third-order valence-electron chi connectivity index (χ3n) is 3.60. The van der Waals surface area contributed by atoms with Crippen molar-refractivity contribution in [3.05, 3.63) is 17.1 Å². The lowest BCUT2D eigenvalue weighted by Gasteiger charge is -2.32. The molecule has 1 saturated heterocycles. The molecule has 7 nitrogen and oxygen atoms in total. The molecule has 0 radical (unpaired) electrons. The van der Waals surface area contributed by atoms with Crippen molar-refractivity contribution in [2.45, 2.75) is 31.7 Å². The van der Waals surface area contributed by atoms with E-state index in [1.807, 2.05) is 6.92 Å². The van der Waals surface area contributed by atoms with Crippen molar-refractivity contribution in [1.29, 1.82) is 0 Å². The third kappa shape index (κ3) is 2.70. The van der Waals surface area contributed by atoms with Gasteiger partial charge in [0.05, 0.1) is 7.11 Å². The van der Waals surface area contributed by atoms with Crippen LogP contribution in [-0.2, 0) is 14.8 Å². The summed E-state index contributed by atoms with van der Waals surface area (Å²) < 4.78 is 37.2. The number of rotatable bonds is 3. The van der Waals surface area contributed by atoms with Crippen molar-refractivity contribution in [3.8, 4) is 0 Å². The molecule has 1 atom stereocenters. The van der Waals surface area contributed by atoms with Crippen LogP contribution in [0.25, 0.3) is 0 Å². The molecule has 2 rings (SSSR count). The van der Waals surface area contributed by atoms with E-state index >= 15 is 0 Å². The molecule has 0 aromatic carbocycles. The molecular formula is C13H20N2O5S. The van der Waals surface area contributed by atoms with Crippen molar-refractivity contribution in [3.63, 3.8) is 0 Å². The van der Waals surface area contributed by atoms with Crippen molar-refractivity contribution >= 4 is 16.0 Å². The topological polar surface area (TPSA) is 88.8 Å². The van der Waals surface area contributed by atoms with Crippen LogP contribution >= 0.6 is 0 Å². The van der Waals surface area contributed by atoms with Crippen LogP contribution in [0, 0.1) is 13.8 Å². The lowest BCUT2D eigenvalue weighted by atomic mass is 10.2. The lowest BCUT2D eigenvalue weighted by molar-refractivity contribution is 0.0594. The van der Waals surface area contributed by atoms with Gasteiger partial charge < -0.3 is 14.5 Å². The summed E-state index contributed by atoms with van der Waals surface area (Å²) in [5.41, 5.74) is -0.0132. The Labute approximate surface area is 124 Å². The number of carbonyl (C=O) groups is 1. The number of ether oxygens (including phenoxy) is 1. The van der Waals surface area contributed by atoms with E-state index in [0.29, 0.717) is 19.6 Å². The van der Waals surface area contributed by atoms with Crippen LogP contribution in [-0.4, -0.2) is 51.5 Å². The maximum atomic E-state index is 12.9. The highest BCUT2D eigenvalue weighted by molar-refractivity contribution is 7.89. The summed E-state index contributed by atoms with van der Waals surface area (Å²) in [5, 5.41) is 3.14. The fourth-order valence-corrected chi connectivity index (χ4v) is 4.61.